The SMILES string of the molecule is CN(C)c1ccc(CC2CCC(=O)N2)cc1. The Morgan fingerprint density at radius 3 is 2.50 bits per heavy atom. The molecule has 86 valence electrons. The molecule has 0 radical (unpaired) electrons. The summed E-state index contributed by atoms with van der Waals surface area (Å²) in [5.74, 6) is 0.190. The van der Waals surface area contributed by atoms with Crippen LogP contribution in [0.3, 0.4) is 0 Å². The second kappa shape index (κ2) is 4.56. The van der Waals surface area contributed by atoms with Gasteiger partial charge in [0.15, 0.2) is 0 Å². The highest BCUT2D eigenvalue weighted by atomic mass is 16.1. The molecule has 1 atom stereocenters. The Labute approximate surface area is 96.5 Å². The zero-order chi connectivity index (χ0) is 11.5. The van der Waals surface area contributed by atoms with Crippen LogP contribution in [0.25, 0.3) is 0 Å². The summed E-state index contributed by atoms with van der Waals surface area (Å²) in [4.78, 5) is 13.2. The average Bonchev–Trinajstić information content (AvgIpc) is 2.65. The zero-order valence-electron chi connectivity index (χ0n) is 9.86. The minimum absolute atomic E-state index is 0.190. The standard InChI is InChI=1S/C13H18N2O/c1-15(2)12-6-3-10(4-7-12)9-11-5-8-13(16)14-11/h3-4,6-7,11H,5,8-9H2,1-2H3,(H,14,16). The zero-order valence-corrected chi connectivity index (χ0v) is 9.86. The average molecular weight is 218 g/mol. The van der Waals surface area contributed by atoms with E-state index in [1.54, 1.807) is 0 Å². The van der Waals surface area contributed by atoms with Gasteiger partial charge in [0.2, 0.25) is 5.91 Å². The number of benzene rings is 1. The molecule has 2 rings (SSSR count). The molecule has 1 aliphatic heterocycles. The molecule has 0 aromatic heterocycles. The number of hydrogen-bond donors (Lipinski definition) is 1. The van der Waals surface area contributed by atoms with E-state index in [2.05, 4.69) is 34.5 Å². The minimum atomic E-state index is 0.190. The van der Waals surface area contributed by atoms with Crippen molar-refractivity contribution in [2.24, 2.45) is 0 Å². The molecule has 1 unspecified atom stereocenters. The molecule has 1 saturated heterocycles. The Balaban J connectivity index is 1.97. The smallest absolute Gasteiger partial charge is 0.220 e. The van der Waals surface area contributed by atoms with Gasteiger partial charge in [-0.25, -0.2) is 0 Å². The number of anilines is 1. The third-order valence-corrected chi connectivity index (χ3v) is 3.02. The first-order valence-electron chi connectivity index (χ1n) is 5.71. The number of carbonyl (C=O) groups is 1. The second-order valence-corrected chi connectivity index (χ2v) is 4.57. The van der Waals surface area contributed by atoms with Crippen LogP contribution in [0, 0.1) is 0 Å². The van der Waals surface area contributed by atoms with Crippen LogP contribution in [0.5, 0.6) is 0 Å². The Morgan fingerprint density at radius 1 is 1.31 bits per heavy atom. The maximum absolute atomic E-state index is 11.1. The predicted octanol–water partition coefficient (Wildman–Crippen LogP) is 1.57. The van der Waals surface area contributed by atoms with E-state index in [0.29, 0.717) is 12.5 Å². The van der Waals surface area contributed by atoms with Crippen LogP contribution in [0.15, 0.2) is 24.3 Å². The van der Waals surface area contributed by atoms with Crippen LogP contribution in [0.1, 0.15) is 18.4 Å². The van der Waals surface area contributed by atoms with Crippen LogP contribution in [0.4, 0.5) is 5.69 Å². The Kier molecular flexibility index (Phi) is 3.13. The Bertz CT molecular complexity index is 370. The number of nitrogens with one attached hydrogen (secondary N) is 1. The molecule has 0 aliphatic carbocycles. The van der Waals surface area contributed by atoms with E-state index >= 15 is 0 Å². The maximum atomic E-state index is 11.1. The van der Waals surface area contributed by atoms with Crippen LogP contribution in [0.2, 0.25) is 0 Å². The lowest BCUT2D eigenvalue weighted by Crippen LogP contribution is -2.27. The lowest BCUT2D eigenvalue weighted by molar-refractivity contribution is -0.119. The van der Waals surface area contributed by atoms with E-state index in [4.69, 9.17) is 0 Å². The molecular formula is C13H18N2O. The third kappa shape index (κ3) is 2.54. The summed E-state index contributed by atoms with van der Waals surface area (Å²) in [5, 5.41) is 2.99. The van der Waals surface area contributed by atoms with E-state index in [1.165, 1.54) is 11.3 Å². The van der Waals surface area contributed by atoms with Crippen molar-refractivity contribution >= 4 is 11.6 Å². The highest BCUT2D eigenvalue weighted by Crippen LogP contribution is 2.16. The summed E-state index contributed by atoms with van der Waals surface area (Å²) in [5.41, 5.74) is 2.50. The van der Waals surface area contributed by atoms with Gasteiger partial charge in [0.1, 0.15) is 0 Å². The lowest BCUT2D eigenvalue weighted by atomic mass is 10.0. The molecule has 1 heterocycles. The lowest BCUT2D eigenvalue weighted by Gasteiger charge is -2.14. The summed E-state index contributed by atoms with van der Waals surface area (Å²) in [6.45, 7) is 0. The van der Waals surface area contributed by atoms with Crippen molar-refractivity contribution in [2.75, 3.05) is 19.0 Å². The largest absolute Gasteiger partial charge is 0.378 e. The molecule has 1 N–H and O–H groups in total. The molecule has 1 aromatic carbocycles. The fourth-order valence-electron chi connectivity index (χ4n) is 2.05. The van der Waals surface area contributed by atoms with Crippen molar-refractivity contribution in [3.05, 3.63) is 29.8 Å². The third-order valence-electron chi connectivity index (χ3n) is 3.02. The van der Waals surface area contributed by atoms with Gasteiger partial charge in [-0.05, 0) is 30.5 Å². The number of nitrogens with zero attached hydrogens (tertiary/aromatic N) is 1. The summed E-state index contributed by atoms with van der Waals surface area (Å²) in [6, 6.07) is 8.84. The fraction of sp³-hybridized carbons (Fsp3) is 0.462. The molecular weight excluding hydrogens is 200 g/mol. The summed E-state index contributed by atoms with van der Waals surface area (Å²) >= 11 is 0. The number of amides is 1. The molecule has 1 amide bonds. The van der Waals surface area contributed by atoms with Gasteiger partial charge in [-0.1, -0.05) is 12.1 Å². The van der Waals surface area contributed by atoms with Crippen LogP contribution in [-0.4, -0.2) is 26.0 Å². The van der Waals surface area contributed by atoms with Crippen LogP contribution in [-0.2, 0) is 11.2 Å². The van der Waals surface area contributed by atoms with Crippen molar-refractivity contribution < 1.29 is 4.79 Å². The van der Waals surface area contributed by atoms with Gasteiger partial charge in [-0.2, -0.15) is 0 Å². The summed E-state index contributed by atoms with van der Waals surface area (Å²) in [7, 11) is 4.07. The van der Waals surface area contributed by atoms with Crippen LogP contribution >= 0.6 is 0 Å². The number of hydrogen-bond acceptors (Lipinski definition) is 2. The van der Waals surface area contributed by atoms with Gasteiger partial charge in [-0.3, -0.25) is 4.79 Å². The van der Waals surface area contributed by atoms with Gasteiger partial charge in [-0.15, -0.1) is 0 Å². The topological polar surface area (TPSA) is 32.3 Å². The van der Waals surface area contributed by atoms with E-state index in [-0.39, 0.29) is 5.91 Å². The highest BCUT2D eigenvalue weighted by molar-refractivity contribution is 5.78. The van der Waals surface area contributed by atoms with E-state index < -0.39 is 0 Å². The minimum Gasteiger partial charge on any atom is -0.378 e. The first-order valence-corrected chi connectivity index (χ1v) is 5.71. The monoisotopic (exact) mass is 218 g/mol. The molecule has 3 nitrogen and oxygen atoms in total. The van der Waals surface area contributed by atoms with Crippen molar-refractivity contribution in [1.82, 2.24) is 5.32 Å². The molecule has 1 fully saturated rings. The van der Waals surface area contributed by atoms with E-state index in [0.717, 1.165) is 12.8 Å². The van der Waals surface area contributed by atoms with Crippen molar-refractivity contribution in [2.45, 2.75) is 25.3 Å². The number of rotatable bonds is 3. The van der Waals surface area contributed by atoms with E-state index in [9.17, 15) is 4.79 Å². The van der Waals surface area contributed by atoms with Gasteiger partial charge < -0.3 is 10.2 Å². The predicted molar refractivity (Wildman–Crippen MR) is 65.6 cm³/mol. The molecule has 3 heteroatoms. The Hall–Kier alpha value is -1.51. The van der Waals surface area contributed by atoms with Gasteiger partial charge >= 0.3 is 0 Å². The summed E-state index contributed by atoms with van der Waals surface area (Å²) < 4.78 is 0. The molecule has 0 bridgehead atoms. The summed E-state index contributed by atoms with van der Waals surface area (Å²) in [6.07, 6.45) is 2.59. The normalized spacial score (nSPS) is 19.6. The van der Waals surface area contributed by atoms with E-state index in [1.807, 2.05) is 14.1 Å². The first-order chi connectivity index (χ1) is 7.65. The van der Waals surface area contributed by atoms with Gasteiger partial charge in [0, 0.05) is 32.2 Å². The van der Waals surface area contributed by atoms with Gasteiger partial charge in [0.05, 0.1) is 0 Å². The number of carbonyl (C=O) groups excluding carboxylic acids is 1. The maximum Gasteiger partial charge on any atom is 0.220 e. The second-order valence-electron chi connectivity index (χ2n) is 4.57. The molecule has 16 heavy (non-hydrogen) atoms. The first kappa shape index (κ1) is 11.0. The molecule has 1 aliphatic rings. The molecule has 0 saturated carbocycles. The van der Waals surface area contributed by atoms with Crippen molar-refractivity contribution in [3.8, 4) is 0 Å². The highest BCUT2D eigenvalue weighted by Gasteiger charge is 2.20. The molecule has 1 aromatic rings. The van der Waals surface area contributed by atoms with Crippen molar-refractivity contribution in [3.63, 3.8) is 0 Å². The van der Waals surface area contributed by atoms with Gasteiger partial charge in [0.25, 0.3) is 0 Å². The van der Waals surface area contributed by atoms with Crippen molar-refractivity contribution in [1.29, 1.82) is 0 Å². The van der Waals surface area contributed by atoms with Crippen LogP contribution < -0.4 is 10.2 Å². The quantitative estimate of drug-likeness (QED) is 0.835. The Morgan fingerprint density at radius 2 is 2.00 bits per heavy atom. The fourth-order valence-corrected chi connectivity index (χ4v) is 2.05. The molecule has 0 spiro atoms.